The van der Waals surface area contributed by atoms with E-state index in [2.05, 4.69) is 22.4 Å². The molecule has 0 spiro atoms. The molecule has 0 aliphatic heterocycles. The molecule has 0 amide bonds. The predicted molar refractivity (Wildman–Crippen MR) is 77.3 cm³/mol. The third-order valence-electron chi connectivity index (χ3n) is 2.22. The van der Waals surface area contributed by atoms with E-state index in [0.717, 1.165) is 12.0 Å². The van der Waals surface area contributed by atoms with Crippen molar-refractivity contribution in [2.75, 3.05) is 6.54 Å². The molecule has 1 rings (SSSR count). The first-order valence-corrected chi connectivity index (χ1v) is 7.73. The minimum atomic E-state index is -3.17. The van der Waals surface area contributed by atoms with Gasteiger partial charge in [0.25, 0.3) is 0 Å². The number of aliphatic imine (C=N–C) groups is 1. The Morgan fingerprint density at radius 3 is 2.67 bits per heavy atom. The lowest BCUT2D eigenvalue weighted by molar-refractivity contribution is 0.603. The molecule has 3 nitrogen and oxygen atoms in total. The third kappa shape index (κ3) is 6.45. The van der Waals surface area contributed by atoms with Gasteiger partial charge in [0.1, 0.15) is 0 Å². The van der Waals surface area contributed by atoms with Crippen LogP contribution in [0.25, 0.3) is 0 Å². The Bertz CT molecular complexity index is 529. The van der Waals surface area contributed by atoms with E-state index in [9.17, 15) is 8.42 Å². The number of allylic oxidation sites excluding steroid dienone is 1. The number of benzene rings is 1. The van der Waals surface area contributed by atoms with Crippen LogP contribution >= 0.6 is 12.2 Å². The Hall–Kier alpha value is -1.29. The van der Waals surface area contributed by atoms with Crippen molar-refractivity contribution in [3.05, 3.63) is 47.4 Å². The van der Waals surface area contributed by atoms with Crippen molar-refractivity contribution in [1.82, 2.24) is 0 Å². The third-order valence-corrected chi connectivity index (χ3v) is 3.69. The highest BCUT2D eigenvalue weighted by Crippen LogP contribution is 2.07. The maximum absolute atomic E-state index is 11.7. The van der Waals surface area contributed by atoms with Crippen LogP contribution in [0.4, 0.5) is 0 Å². The molecule has 0 aliphatic rings. The highest BCUT2D eigenvalue weighted by Gasteiger charge is 2.06. The molecule has 5 heteroatoms. The molecule has 0 radical (unpaired) electrons. The Labute approximate surface area is 113 Å². The molecular formula is C13H15NO2S2. The number of hydrogen-bond donors (Lipinski definition) is 0. The van der Waals surface area contributed by atoms with Crippen LogP contribution in [0.5, 0.6) is 0 Å². The minimum Gasteiger partial charge on any atom is -0.233 e. The standard InChI is InChI=1S/C13H15NO2S2/c15-18(16,10-6-2-5-9-14-12-17)11-13-7-3-1-4-8-13/h1,3-4,6-8,10H,2,5,9,11H2. The van der Waals surface area contributed by atoms with Gasteiger partial charge in [-0.15, -0.1) is 0 Å². The summed E-state index contributed by atoms with van der Waals surface area (Å²) in [7, 11) is -3.17. The molecule has 0 saturated heterocycles. The van der Waals surface area contributed by atoms with Crippen molar-refractivity contribution in [3.63, 3.8) is 0 Å². The highest BCUT2D eigenvalue weighted by atomic mass is 32.2. The molecule has 0 saturated carbocycles. The number of hydrogen-bond acceptors (Lipinski definition) is 4. The summed E-state index contributed by atoms with van der Waals surface area (Å²) in [4.78, 5) is 3.76. The van der Waals surface area contributed by atoms with Crippen molar-refractivity contribution < 1.29 is 8.42 Å². The second kappa shape index (κ2) is 7.93. The van der Waals surface area contributed by atoms with Gasteiger partial charge < -0.3 is 0 Å². The van der Waals surface area contributed by atoms with Gasteiger partial charge in [0.05, 0.1) is 10.9 Å². The van der Waals surface area contributed by atoms with Gasteiger partial charge in [0, 0.05) is 12.0 Å². The van der Waals surface area contributed by atoms with E-state index in [0.29, 0.717) is 13.0 Å². The van der Waals surface area contributed by atoms with Crippen LogP contribution in [0, 0.1) is 0 Å². The van der Waals surface area contributed by atoms with E-state index >= 15 is 0 Å². The fraction of sp³-hybridized carbons (Fsp3) is 0.308. The van der Waals surface area contributed by atoms with Gasteiger partial charge in [-0.1, -0.05) is 36.4 Å². The van der Waals surface area contributed by atoms with E-state index in [1.165, 1.54) is 5.41 Å². The maximum Gasteiger partial charge on any atom is 0.175 e. The second-order valence-corrected chi connectivity index (χ2v) is 5.85. The number of isothiocyanates is 1. The first-order valence-electron chi connectivity index (χ1n) is 5.61. The molecule has 0 atom stereocenters. The summed E-state index contributed by atoms with van der Waals surface area (Å²) in [5.74, 6) is 0.0441. The molecule has 0 aromatic heterocycles. The SMILES string of the molecule is O=S(=O)(C=CCCCN=C=S)Cc1ccccc1. The van der Waals surface area contributed by atoms with Gasteiger partial charge in [0.2, 0.25) is 0 Å². The molecule has 0 aliphatic carbocycles. The molecule has 0 heterocycles. The molecule has 96 valence electrons. The smallest absolute Gasteiger partial charge is 0.175 e. The summed E-state index contributed by atoms with van der Waals surface area (Å²) in [6, 6.07) is 9.14. The van der Waals surface area contributed by atoms with Gasteiger partial charge >= 0.3 is 0 Å². The number of thiocarbonyl (C=S) groups is 1. The zero-order valence-electron chi connectivity index (χ0n) is 9.95. The molecular weight excluding hydrogens is 266 g/mol. The largest absolute Gasteiger partial charge is 0.233 e. The van der Waals surface area contributed by atoms with Crippen LogP contribution in [0.15, 0.2) is 46.8 Å². The summed E-state index contributed by atoms with van der Waals surface area (Å²) in [6.45, 7) is 0.590. The molecule has 0 unspecified atom stereocenters. The molecule has 0 bridgehead atoms. The second-order valence-electron chi connectivity index (χ2n) is 3.78. The van der Waals surface area contributed by atoms with Gasteiger partial charge in [0.15, 0.2) is 9.84 Å². The number of sulfone groups is 1. The van der Waals surface area contributed by atoms with Crippen molar-refractivity contribution in [1.29, 1.82) is 0 Å². The predicted octanol–water partition coefficient (Wildman–Crippen LogP) is 3.00. The molecule has 18 heavy (non-hydrogen) atoms. The topological polar surface area (TPSA) is 46.5 Å². The Morgan fingerprint density at radius 1 is 1.28 bits per heavy atom. The lowest BCUT2D eigenvalue weighted by Crippen LogP contribution is -1.99. The van der Waals surface area contributed by atoms with Gasteiger partial charge in [-0.2, -0.15) is 0 Å². The van der Waals surface area contributed by atoms with Gasteiger partial charge in [-0.25, -0.2) is 13.4 Å². The average molecular weight is 281 g/mol. The quantitative estimate of drug-likeness (QED) is 0.438. The summed E-state index contributed by atoms with van der Waals surface area (Å²) in [6.07, 6.45) is 3.12. The lowest BCUT2D eigenvalue weighted by atomic mass is 10.2. The van der Waals surface area contributed by atoms with E-state index < -0.39 is 9.84 Å². The summed E-state index contributed by atoms with van der Waals surface area (Å²) in [5.41, 5.74) is 0.799. The summed E-state index contributed by atoms with van der Waals surface area (Å²) >= 11 is 4.43. The molecule has 0 N–H and O–H groups in total. The first kappa shape index (κ1) is 14.8. The first-order chi connectivity index (χ1) is 8.64. The fourth-order valence-corrected chi connectivity index (χ4v) is 2.68. The zero-order chi connectivity index (χ0) is 13.3. The molecule has 1 aromatic rings. The van der Waals surface area contributed by atoms with Crippen molar-refractivity contribution in [2.45, 2.75) is 18.6 Å². The number of unbranched alkanes of at least 4 members (excludes halogenated alkanes) is 1. The van der Waals surface area contributed by atoms with Crippen molar-refractivity contribution in [3.8, 4) is 0 Å². The average Bonchev–Trinajstić information content (AvgIpc) is 2.34. The van der Waals surface area contributed by atoms with Crippen molar-refractivity contribution in [2.24, 2.45) is 4.99 Å². The maximum atomic E-state index is 11.7. The van der Waals surface area contributed by atoms with Crippen molar-refractivity contribution >= 4 is 27.2 Å². The molecule has 0 fully saturated rings. The Morgan fingerprint density at radius 2 is 2.00 bits per heavy atom. The van der Waals surface area contributed by atoms with Gasteiger partial charge in [-0.05, 0) is 30.6 Å². The lowest BCUT2D eigenvalue weighted by Gasteiger charge is -1.99. The fourth-order valence-electron chi connectivity index (χ4n) is 1.40. The van der Waals surface area contributed by atoms with Crippen LogP contribution in [0.1, 0.15) is 18.4 Å². The Balaban J connectivity index is 2.45. The normalized spacial score (nSPS) is 11.3. The zero-order valence-corrected chi connectivity index (χ0v) is 11.6. The van der Waals surface area contributed by atoms with Crippen LogP contribution in [0.2, 0.25) is 0 Å². The van der Waals surface area contributed by atoms with E-state index in [1.807, 2.05) is 18.2 Å². The monoisotopic (exact) mass is 281 g/mol. The highest BCUT2D eigenvalue weighted by molar-refractivity contribution is 7.93. The van der Waals surface area contributed by atoms with Crippen LogP contribution in [-0.4, -0.2) is 20.1 Å². The van der Waals surface area contributed by atoms with Crippen LogP contribution in [0.3, 0.4) is 0 Å². The molecule has 1 aromatic carbocycles. The van der Waals surface area contributed by atoms with E-state index in [-0.39, 0.29) is 5.75 Å². The van der Waals surface area contributed by atoms with E-state index in [1.54, 1.807) is 18.2 Å². The van der Waals surface area contributed by atoms with Crippen LogP contribution < -0.4 is 0 Å². The Kier molecular flexibility index (Phi) is 6.50. The number of rotatable bonds is 7. The van der Waals surface area contributed by atoms with Crippen LogP contribution in [-0.2, 0) is 15.6 Å². The summed E-state index contributed by atoms with van der Waals surface area (Å²) < 4.78 is 23.5. The minimum absolute atomic E-state index is 0.0441. The number of nitrogens with zero attached hydrogens (tertiary/aromatic N) is 1. The van der Waals surface area contributed by atoms with Gasteiger partial charge in [-0.3, -0.25) is 0 Å². The van der Waals surface area contributed by atoms with E-state index in [4.69, 9.17) is 0 Å². The summed E-state index contributed by atoms with van der Waals surface area (Å²) in [5, 5.41) is 3.55.